The van der Waals surface area contributed by atoms with Crippen LogP contribution in [0.25, 0.3) is 0 Å². The van der Waals surface area contributed by atoms with Crippen molar-refractivity contribution in [2.24, 2.45) is 0 Å². The number of carbonyl (C=O) groups excluding carboxylic acids is 1. The second-order valence-electron chi connectivity index (χ2n) is 7.68. The van der Waals surface area contributed by atoms with Gasteiger partial charge in [0.1, 0.15) is 0 Å². The third-order valence-electron chi connectivity index (χ3n) is 5.07. The monoisotopic (exact) mass is 483 g/mol. The molecule has 1 unspecified atom stereocenters. The average Bonchev–Trinajstić information content (AvgIpc) is 2.74. The zero-order valence-electron chi connectivity index (χ0n) is 17.9. The van der Waals surface area contributed by atoms with Crippen LogP contribution in [0, 0.1) is 0 Å². The molecular weight excluding hydrogens is 454 g/mol. The van der Waals surface area contributed by atoms with E-state index in [4.69, 9.17) is 0 Å². The van der Waals surface area contributed by atoms with E-state index in [9.17, 15) is 13.2 Å². The predicted octanol–water partition coefficient (Wildman–Crippen LogP) is 3.77. The zero-order chi connectivity index (χ0) is 21.6. The Kier molecular flexibility index (Phi) is 9.68. The minimum absolute atomic E-state index is 0. The fraction of sp³-hybridized carbons (Fsp3) is 0.409. The number of benzene rings is 2. The molecule has 0 saturated carbocycles. The summed E-state index contributed by atoms with van der Waals surface area (Å²) in [6, 6.07) is 16.8. The Hall–Kier alpha value is -1.74. The van der Waals surface area contributed by atoms with Crippen LogP contribution in [0.4, 0.5) is 4.79 Å². The Morgan fingerprint density at radius 1 is 1.10 bits per heavy atom. The summed E-state index contributed by atoms with van der Waals surface area (Å²) in [5, 5.41) is 2.30. The van der Waals surface area contributed by atoms with Crippen molar-refractivity contribution in [1.29, 1.82) is 0 Å². The molecule has 1 aliphatic rings. The van der Waals surface area contributed by atoms with Crippen LogP contribution in [-0.2, 0) is 9.84 Å². The maximum absolute atomic E-state index is 13.2. The molecule has 1 N–H and O–H groups in total. The van der Waals surface area contributed by atoms with E-state index < -0.39 is 15.1 Å². The Morgan fingerprint density at radius 3 is 2.39 bits per heavy atom. The van der Waals surface area contributed by atoms with Crippen molar-refractivity contribution >= 4 is 40.0 Å². The van der Waals surface area contributed by atoms with Gasteiger partial charge in [-0.2, -0.15) is 0 Å². The topological polar surface area (TPSA) is 69.7 Å². The van der Waals surface area contributed by atoms with Gasteiger partial charge in [0, 0.05) is 36.0 Å². The molecule has 2 aromatic rings. The van der Waals surface area contributed by atoms with Gasteiger partial charge in [0.15, 0.2) is 9.84 Å². The molecule has 1 heterocycles. The van der Waals surface area contributed by atoms with E-state index in [1.165, 1.54) is 0 Å². The molecule has 9 heteroatoms. The van der Waals surface area contributed by atoms with Crippen LogP contribution in [-0.4, -0.2) is 69.8 Å². The van der Waals surface area contributed by atoms with Crippen LogP contribution in [0.2, 0.25) is 0 Å². The number of likely N-dealkylation sites (tertiary alicyclic amines) is 1. The Morgan fingerprint density at radius 2 is 1.74 bits per heavy atom. The Balaban J connectivity index is 0.00000341. The molecule has 2 aromatic carbocycles. The third kappa shape index (κ3) is 7.14. The molecule has 1 fully saturated rings. The van der Waals surface area contributed by atoms with Crippen molar-refractivity contribution in [3.63, 3.8) is 0 Å². The lowest BCUT2D eigenvalue weighted by Crippen LogP contribution is -2.49. The first-order chi connectivity index (χ1) is 14.4. The number of piperidine rings is 1. The summed E-state index contributed by atoms with van der Waals surface area (Å²) in [6.45, 7) is 2.11. The molecule has 0 spiro atoms. The highest BCUT2D eigenvalue weighted by Gasteiger charge is 2.33. The van der Waals surface area contributed by atoms with E-state index in [1.807, 2.05) is 61.5 Å². The highest BCUT2D eigenvalue weighted by atomic mass is 35.5. The van der Waals surface area contributed by atoms with E-state index in [0.717, 1.165) is 16.3 Å². The summed E-state index contributed by atoms with van der Waals surface area (Å²) in [5.41, 5.74) is 0. The second kappa shape index (κ2) is 11.8. The zero-order valence-corrected chi connectivity index (χ0v) is 20.3. The van der Waals surface area contributed by atoms with Gasteiger partial charge in [-0.1, -0.05) is 30.0 Å². The maximum atomic E-state index is 13.2. The standard InChI is InChI=1S/C22H29N3O3S2.ClH/c1-24(2)16-14-23-22(26)25-15-6-9-21(17-25)30(27,28)20-12-10-19(11-13-20)29-18-7-4-3-5-8-18;/h3-5,7-8,10-13,21H,6,9,14-17H2,1-2H3,(H,23,26);1H. The van der Waals surface area contributed by atoms with Gasteiger partial charge in [0.2, 0.25) is 0 Å². The summed E-state index contributed by atoms with van der Waals surface area (Å²) in [4.78, 5) is 18.4. The predicted molar refractivity (Wildman–Crippen MR) is 128 cm³/mol. The molecule has 0 radical (unpaired) electrons. The first-order valence-corrected chi connectivity index (χ1v) is 12.5. The minimum atomic E-state index is -3.49. The van der Waals surface area contributed by atoms with Gasteiger partial charge in [-0.05, 0) is 63.3 Å². The Bertz CT molecular complexity index is 938. The lowest BCUT2D eigenvalue weighted by Gasteiger charge is -2.32. The fourth-order valence-electron chi connectivity index (χ4n) is 3.39. The van der Waals surface area contributed by atoms with E-state index >= 15 is 0 Å². The normalized spacial score (nSPS) is 16.6. The lowest BCUT2D eigenvalue weighted by atomic mass is 10.1. The van der Waals surface area contributed by atoms with E-state index in [-0.39, 0.29) is 25.0 Å². The molecule has 2 amide bonds. The van der Waals surface area contributed by atoms with Crippen molar-refractivity contribution in [1.82, 2.24) is 15.1 Å². The summed E-state index contributed by atoms with van der Waals surface area (Å²) in [6.07, 6.45) is 1.26. The molecule has 6 nitrogen and oxygen atoms in total. The summed E-state index contributed by atoms with van der Waals surface area (Å²) >= 11 is 1.60. The number of halogens is 1. The number of likely N-dealkylation sites (N-methyl/N-ethyl adjacent to an activating group) is 1. The van der Waals surface area contributed by atoms with Crippen molar-refractivity contribution in [2.75, 3.05) is 40.3 Å². The number of hydrogen-bond acceptors (Lipinski definition) is 5. The number of nitrogens with zero attached hydrogens (tertiary/aromatic N) is 2. The molecule has 31 heavy (non-hydrogen) atoms. The largest absolute Gasteiger partial charge is 0.337 e. The van der Waals surface area contributed by atoms with E-state index in [2.05, 4.69) is 5.32 Å². The number of carbonyl (C=O) groups is 1. The van der Waals surface area contributed by atoms with E-state index in [0.29, 0.717) is 30.8 Å². The SMILES string of the molecule is CN(C)CCNC(=O)N1CCCC(S(=O)(=O)c2ccc(Sc3ccccc3)cc2)C1.Cl. The maximum Gasteiger partial charge on any atom is 0.317 e. The third-order valence-corrected chi connectivity index (χ3v) is 8.28. The van der Waals surface area contributed by atoms with Gasteiger partial charge >= 0.3 is 6.03 Å². The van der Waals surface area contributed by atoms with E-state index in [1.54, 1.807) is 28.8 Å². The van der Waals surface area contributed by atoms with Crippen molar-refractivity contribution in [3.8, 4) is 0 Å². The number of rotatable bonds is 7. The van der Waals surface area contributed by atoms with Gasteiger partial charge < -0.3 is 15.1 Å². The first kappa shape index (κ1) is 25.5. The Labute approximate surface area is 195 Å². The number of urea groups is 1. The molecule has 0 aliphatic carbocycles. The number of hydrogen-bond donors (Lipinski definition) is 1. The summed E-state index contributed by atoms with van der Waals surface area (Å²) in [5.74, 6) is 0. The van der Waals surface area contributed by atoms with Gasteiger partial charge in [0.05, 0.1) is 10.1 Å². The van der Waals surface area contributed by atoms with Gasteiger partial charge in [0.25, 0.3) is 0 Å². The smallest absolute Gasteiger partial charge is 0.317 e. The van der Waals surface area contributed by atoms with Crippen LogP contribution >= 0.6 is 24.2 Å². The average molecular weight is 484 g/mol. The second-order valence-corrected chi connectivity index (χ2v) is 11.1. The molecule has 1 aliphatic heterocycles. The van der Waals surface area contributed by atoms with Crippen LogP contribution in [0.3, 0.4) is 0 Å². The molecule has 1 atom stereocenters. The molecule has 3 rings (SSSR count). The van der Waals surface area contributed by atoms with Crippen LogP contribution in [0.5, 0.6) is 0 Å². The van der Waals surface area contributed by atoms with Crippen molar-refractivity contribution < 1.29 is 13.2 Å². The number of amides is 2. The summed E-state index contributed by atoms with van der Waals surface area (Å²) < 4.78 is 26.3. The highest BCUT2D eigenvalue weighted by Crippen LogP contribution is 2.30. The quantitative estimate of drug-likeness (QED) is 0.649. The summed E-state index contributed by atoms with van der Waals surface area (Å²) in [7, 11) is 0.396. The minimum Gasteiger partial charge on any atom is -0.337 e. The van der Waals surface area contributed by atoms with Crippen LogP contribution in [0.15, 0.2) is 69.3 Å². The molecule has 170 valence electrons. The van der Waals surface area contributed by atoms with Gasteiger partial charge in [-0.25, -0.2) is 13.2 Å². The molecule has 1 saturated heterocycles. The molecule has 0 aromatic heterocycles. The van der Waals surface area contributed by atoms with Crippen LogP contribution < -0.4 is 5.32 Å². The van der Waals surface area contributed by atoms with Gasteiger partial charge in [-0.15, -0.1) is 12.4 Å². The number of nitrogens with one attached hydrogen (secondary N) is 1. The lowest BCUT2D eigenvalue weighted by molar-refractivity contribution is 0.186. The van der Waals surface area contributed by atoms with Crippen LogP contribution in [0.1, 0.15) is 12.8 Å². The first-order valence-electron chi connectivity index (χ1n) is 10.1. The van der Waals surface area contributed by atoms with Crippen molar-refractivity contribution in [2.45, 2.75) is 32.8 Å². The van der Waals surface area contributed by atoms with Crippen molar-refractivity contribution in [3.05, 3.63) is 54.6 Å². The van der Waals surface area contributed by atoms with Gasteiger partial charge in [-0.3, -0.25) is 0 Å². The highest BCUT2D eigenvalue weighted by molar-refractivity contribution is 7.99. The number of sulfone groups is 1. The fourth-order valence-corrected chi connectivity index (χ4v) is 5.98. The molecule has 0 bridgehead atoms. The molecular formula is C22H30ClN3O3S2.